The number of halogens is 3. The molecule has 0 saturated carbocycles. The van der Waals surface area contributed by atoms with Crippen molar-refractivity contribution in [3.8, 4) is 11.3 Å². The van der Waals surface area contributed by atoms with E-state index in [0.717, 1.165) is 11.3 Å². The molecule has 0 radical (unpaired) electrons. The van der Waals surface area contributed by atoms with Crippen molar-refractivity contribution >= 4 is 5.82 Å². The summed E-state index contributed by atoms with van der Waals surface area (Å²) in [7, 11) is 0. The van der Waals surface area contributed by atoms with Gasteiger partial charge in [0.1, 0.15) is 5.82 Å². The van der Waals surface area contributed by atoms with Crippen LogP contribution in [-0.2, 0) is 4.74 Å². The summed E-state index contributed by atoms with van der Waals surface area (Å²) in [5.41, 5.74) is 1.72. The quantitative estimate of drug-likeness (QED) is 0.946. The minimum Gasteiger partial charge on any atom is -0.374 e. The Labute approximate surface area is 125 Å². The monoisotopic (exact) mass is 312 g/mol. The SMILES string of the molecule is FC(F)(F)CC1CN(c2ccc(-c3ccn[nH]3)cn2)CCO1. The van der Waals surface area contributed by atoms with Gasteiger partial charge in [-0.15, -0.1) is 0 Å². The minimum atomic E-state index is -4.22. The second kappa shape index (κ2) is 5.96. The van der Waals surface area contributed by atoms with Gasteiger partial charge in [-0.25, -0.2) is 4.98 Å². The second-order valence-electron chi connectivity index (χ2n) is 5.13. The first-order chi connectivity index (χ1) is 10.5. The molecule has 1 aliphatic rings. The van der Waals surface area contributed by atoms with Crippen LogP contribution in [0, 0.1) is 0 Å². The number of H-pyrrole nitrogens is 1. The maximum atomic E-state index is 12.5. The van der Waals surface area contributed by atoms with Crippen LogP contribution < -0.4 is 4.90 Å². The number of nitrogens with one attached hydrogen (secondary N) is 1. The van der Waals surface area contributed by atoms with Crippen LogP contribution in [0.1, 0.15) is 6.42 Å². The number of aromatic amines is 1. The van der Waals surface area contributed by atoms with Gasteiger partial charge in [0.2, 0.25) is 0 Å². The maximum absolute atomic E-state index is 12.5. The van der Waals surface area contributed by atoms with Crippen LogP contribution in [0.25, 0.3) is 11.3 Å². The Kier molecular flexibility index (Phi) is 4.02. The number of anilines is 1. The molecule has 3 heterocycles. The topological polar surface area (TPSA) is 54.0 Å². The molecule has 0 bridgehead atoms. The van der Waals surface area contributed by atoms with Gasteiger partial charge >= 0.3 is 6.18 Å². The van der Waals surface area contributed by atoms with Gasteiger partial charge in [-0.1, -0.05) is 0 Å². The van der Waals surface area contributed by atoms with Crippen molar-refractivity contribution in [2.45, 2.75) is 18.7 Å². The number of morpholine rings is 1. The van der Waals surface area contributed by atoms with Crippen molar-refractivity contribution < 1.29 is 17.9 Å². The summed E-state index contributed by atoms with van der Waals surface area (Å²) in [5, 5.41) is 6.71. The maximum Gasteiger partial charge on any atom is 0.391 e. The number of nitrogens with zero attached hydrogens (tertiary/aromatic N) is 3. The van der Waals surface area contributed by atoms with Gasteiger partial charge < -0.3 is 9.64 Å². The molecule has 2 aromatic heterocycles. The lowest BCUT2D eigenvalue weighted by Gasteiger charge is -2.34. The van der Waals surface area contributed by atoms with Crippen molar-refractivity contribution in [2.75, 3.05) is 24.6 Å². The normalized spacial score (nSPS) is 19.4. The van der Waals surface area contributed by atoms with E-state index in [9.17, 15) is 13.2 Å². The standard InChI is InChI=1S/C14H15F3N4O/c15-14(16,17)7-11-9-21(5-6-22-11)13-2-1-10(8-18-13)12-3-4-19-20-12/h1-4,8,11H,5-7,9H2,(H,19,20). The summed E-state index contributed by atoms with van der Waals surface area (Å²) in [6.07, 6.45) is -2.67. The van der Waals surface area contributed by atoms with E-state index in [4.69, 9.17) is 4.74 Å². The Balaban J connectivity index is 1.68. The van der Waals surface area contributed by atoms with Crippen molar-refractivity contribution in [2.24, 2.45) is 0 Å². The molecule has 1 unspecified atom stereocenters. The van der Waals surface area contributed by atoms with E-state index in [1.54, 1.807) is 18.5 Å². The van der Waals surface area contributed by atoms with E-state index in [2.05, 4.69) is 15.2 Å². The summed E-state index contributed by atoms with van der Waals surface area (Å²) in [4.78, 5) is 6.15. The highest BCUT2D eigenvalue weighted by Crippen LogP contribution is 2.26. The second-order valence-corrected chi connectivity index (χ2v) is 5.13. The highest BCUT2D eigenvalue weighted by atomic mass is 19.4. The van der Waals surface area contributed by atoms with E-state index in [1.165, 1.54) is 0 Å². The summed E-state index contributed by atoms with van der Waals surface area (Å²) in [6.45, 7) is 0.991. The Morgan fingerprint density at radius 3 is 2.82 bits per heavy atom. The molecule has 1 fully saturated rings. The Bertz CT molecular complexity index is 598. The zero-order valence-electron chi connectivity index (χ0n) is 11.7. The van der Waals surface area contributed by atoms with Crippen molar-refractivity contribution in [1.29, 1.82) is 0 Å². The molecule has 1 saturated heterocycles. The third kappa shape index (κ3) is 3.56. The van der Waals surface area contributed by atoms with Crippen LogP contribution in [0.2, 0.25) is 0 Å². The summed E-state index contributed by atoms with van der Waals surface area (Å²) in [5.74, 6) is 0.652. The highest BCUT2D eigenvalue weighted by Gasteiger charge is 2.35. The zero-order chi connectivity index (χ0) is 15.6. The summed E-state index contributed by atoms with van der Waals surface area (Å²) < 4.78 is 42.6. The fourth-order valence-electron chi connectivity index (χ4n) is 2.46. The largest absolute Gasteiger partial charge is 0.391 e. The third-order valence-corrected chi connectivity index (χ3v) is 3.48. The van der Waals surface area contributed by atoms with Crippen LogP contribution in [0.5, 0.6) is 0 Å². The smallest absolute Gasteiger partial charge is 0.374 e. The molecular formula is C14H15F3N4O. The number of rotatable bonds is 3. The molecule has 22 heavy (non-hydrogen) atoms. The van der Waals surface area contributed by atoms with E-state index in [-0.39, 0.29) is 13.2 Å². The van der Waals surface area contributed by atoms with Crippen molar-refractivity contribution in [1.82, 2.24) is 15.2 Å². The van der Waals surface area contributed by atoms with Gasteiger partial charge in [0.05, 0.1) is 24.8 Å². The summed E-state index contributed by atoms with van der Waals surface area (Å²) in [6, 6.07) is 5.49. The molecule has 0 spiro atoms. The minimum absolute atomic E-state index is 0.190. The van der Waals surface area contributed by atoms with Crippen molar-refractivity contribution in [3.63, 3.8) is 0 Å². The average Bonchev–Trinajstić information content (AvgIpc) is 3.00. The Hall–Kier alpha value is -2.09. The van der Waals surface area contributed by atoms with Crippen LogP contribution in [0.4, 0.5) is 19.0 Å². The van der Waals surface area contributed by atoms with E-state index in [1.807, 2.05) is 17.0 Å². The van der Waals surface area contributed by atoms with Gasteiger partial charge in [0, 0.05) is 31.0 Å². The van der Waals surface area contributed by atoms with Gasteiger partial charge in [-0.05, 0) is 18.2 Å². The summed E-state index contributed by atoms with van der Waals surface area (Å²) >= 11 is 0. The van der Waals surface area contributed by atoms with Gasteiger partial charge in [0.25, 0.3) is 0 Å². The molecular weight excluding hydrogens is 297 g/mol. The molecule has 0 amide bonds. The number of alkyl halides is 3. The van der Waals surface area contributed by atoms with E-state index in [0.29, 0.717) is 12.4 Å². The molecule has 1 N–H and O–H groups in total. The van der Waals surface area contributed by atoms with Crippen LogP contribution in [-0.4, -0.2) is 47.2 Å². The first-order valence-corrected chi connectivity index (χ1v) is 6.90. The molecule has 1 atom stereocenters. The predicted molar refractivity (Wildman–Crippen MR) is 74.4 cm³/mol. The molecule has 3 rings (SSSR count). The lowest BCUT2D eigenvalue weighted by molar-refractivity contribution is -0.161. The van der Waals surface area contributed by atoms with Gasteiger partial charge in [-0.3, -0.25) is 5.10 Å². The van der Waals surface area contributed by atoms with E-state index < -0.39 is 18.7 Å². The van der Waals surface area contributed by atoms with Crippen LogP contribution in [0.15, 0.2) is 30.6 Å². The number of ether oxygens (including phenoxy) is 1. The zero-order valence-corrected chi connectivity index (χ0v) is 11.7. The lowest BCUT2D eigenvalue weighted by atomic mass is 10.2. The van der Waals surface area contributed by atoms with Gasteiger partial charge in [0.15, 0.2) is 0 Å². The van der Waals surface area contributed by atoms with Crippen LogP contribution in [0.3, 0.4) is 0 Å². The molecule has 5 nitrogen and oxygen atoms in total. The van der Waals surface area contributed by atoms with E-state index >= 15 is 0 Å². The number of hydrogen-bond acceptors (Lipinski definition) is 4. The third-order valence-electron chi connectivity index (χ3n) is 3.48. The molecule has 0 aliphatic carbocycles. The molecule has 118 valence electrons. The lowest BCUT2D eigenvalue weighted by Crippen LogP contribution is -2.44. The molecule has 1 aliphatic heterocycles. The Morgan fingerprint density at radius 1 is 1.32 bits per heavy atom. The first-order valence-electron chi connectivity index (χ1n) is 6.90. The first kappa shape index (κ1) is 14.8. The Morgan fingerprint density at radius 2 is 2.18 bits per heavy atom. The fraction of sp³-hybridized carbons (Fsp3) is 0.429. The molecule has 2 aromatic rings. The average molecular weight is 312 g/mol. The fourth-order valence-corrected chi connectivity index (χ4v) is 2.46. The number of pyridine rings is 1. The van der Waals surface area contributed by atoms with Crippen LogP contribution >= 0.6 is 0 Å². The van der Waals surface area contributed by atoms with Gasteiger partial charge in [-0.2, -0.15) is 18.3 Å². The number of hydrogen-bond donors (Lipinski definition) is 1. The predicted octanol–water partition coefficient (Wildman–Crippen LogP) is 2.63. The molecule has 0 aromatic carbocycles. The van der Waals surface area contributed by atoms with Crippen molar-refractivity contribution in [3.05, 3.63) is 30.6 Å². The molecule has 8 heteroatoms. The highest BCUT2D eigenvalue weighted by molar-refractivity contribution is 5.59. The number of aromatic nitrogens is 3.